The third-order valence-electron chi connectivity index (χ3n) is 1.03. The van der Waals surface area contributed by atoms with Crippen molar-refractivity contribution in [2.75, 3.05) is 0 Å². The van der Waals surface area contributed by atoms with Gasteiger partial charge in [0.2, 0.25) is 0 Å². The van der Waals surface area contributed by atoms with E-state index in [1.54, 1.807) is 0 Å². The van der Waals surface area contributed by atoms with Crippen LogP contribution in [0.15, 0.2) is 12.2 Å². The molecule has 0 saturated heterocycles. The smallest absolute Gasteiger partial charge is 0.167 e. The van der Waals surface area contributed by atoms with E-state index in [9.17, 15) is 13.2 Å². The SMILES string of the molecule is CCCC/C=C/C(F)(F)F. The molecule has 0 heterocycles. The lowest BCUT2D eigenvalue weighted by Gasteiger charge is -1.96. The van der Waals surface area contributed by atoms with Gasteiger partial charge in [-0.3, -0.25) is 0 Å². The Hall–Kier alpha value is -0.470. The van der Waals surface area contributed by atoms with E-state index >= 15 is 0 Å². The van der Waals surface area contributed by atoms with E-state index in [1.165, 1.54) is 6.08 Å². The molecule has 0 aliphatic carbocycles. The summed E-state index contributed by atoms with van der Waals surface area (Å²) in [7, 11) is 0. The molecule has 0 aliphatic heterocycles. The van der Waals surface area contributed by atoms with Crippen LogP contribution in [0.1, 0.15) is 26.2 Å². The minimum atomic E-state index is -4.13. The fourth-order valence-corrected chi connectivity index (χ4v) is 0.539. The van der Waals surface area contributed by atoms with E-state index in [2.05, 4.69) is 0 Å². The summed E-state index contributed by atoms with van der Waals surface area (Å²) in [5, 5.41) is 0. The normalized spacial score (nSPS) is 12.8. The summed E-state index contributed by atoms with van der Waals surface area (Å²) in [5.41, 5.74) is 0. The monoisotopic (exact) mass is 152 g/mol. The summed E-state index contributed by atoms with van der Waals surface area (Å²) in [5.74, 6) is 0. The second-order valence-electron chi connectivity index (χ2n) is 2.09. The second-order valence-corrected chi connectivity index (χ2v) is 2.09. The Kier molecular flexibility index (Phi) is 4.16. The van der Waals surface area contributed by atoms with E-state index in [0.29, 0.717) is 12.5 Å². The number of alkyl halides is 3. The van der Waals surface area contributed by atoms with E-state index in [4.69, 9.17) is 0 Å². The van der Waals surface area contributed by atoms with Crippen molar-refractivity contribution < 1.29 is 13.2 Å². The molecule has 0 spiro atoms. The molecule has 0 bridgehead atoms. The molecule has 0 aromatic carbocycles. The molecular formula is C7H11F3. The van der Waals surface area contributed by atoms with Crippen LogP contribution >= 0.6 is 0 Å². The molecule has 0 aliphatic rings. The average molecular weight is 152 g/mol. The van der Waals surface area contributed by atoms with Crippen molar-refractivity contribution in [3.8, 4) is 0 Å². The van der Waals surface area contributed by atoms with Gasteiger partial charge >= 0.3 is 6.18 Å². The van der Waals surface area contributed by atoms with Crippen LogP contribution in [0, 0.1) is 0 Å². The molecule has 0 fully saturated rings. The first-order valence-corrected chi connectivity index (χ1v) is 3.30. The van der Waals surface area contributed by atoms with Crippen LogP contribution in [-0.4, -0.2) is 6.18 Å². The highest BCUT2D eigenvalue weighted by Crippen LogP contribution is 2.16. The van der Waals surface area contributed by atoms with Crippen LogP contribution in [0.5, 0.6) is 0 Å². The lowest BCUT2D eigenvalue weighted by atomic mass is 10.2. The molecule has 0 radical (unpaired) electrons. The Labute approximate surface area is 58.7 Å². The molecule has 0 amide bonds. The van der Waals surface area contributed by atoms with E-state index in [-0.39, 0.29) is 0 Å². The third kappa shape index (κ3) is 7.53. The fourth-order valence-electron chi connectivity index (χ4n) is 0.539. The van der Waals surface area contributed by atoms with Crippen LogP contribution in [0.2, 0.25) is 0 Å². The molecule has 0 saturated carbocycles. The van der Waals surface area contributed by atoms with Gasteiger partial charge in [-0.25, -0.2) is 0 Å². The zero-order valence-corrected chi connectivity index (χ0v) is 5.91. The van der Waals surface area contributed by atoms with Crippen LogP contribution in [0.3, 0.4) is 0 Å². The van der Waals surface area contributed by atoms with Gasteiger partial charge in [-0.15, -0.1) is 0 Å². The van der Waals surface area contributed by atoms with Gasteiger partial charge in [0, 0.05) is 6.08 Å². The molecule has 0 unspecified atom stereocenters. The van der Waals surface area contributed by atoms with Crippen LogP contribution in [0.25, 0.3) is 0 Å². The summed E-state index contributed by atoms with van der Waals surface area (Å²) in [4.78, 5) is 0. The summed E-state index contributed by atoms with van der Waals surface area (Å²) < 4.78 is 34.2. The van der Waals surface area contributed by atoms with E-state index < -0.39 is 6.18 Å². The average Bonchev–Trinajstić information content (AvgIpc) is 1.78. The maximum Gasteiger partial charge on any atom is 0.409 e. The van der Waals surface area contributed by atoms with Gasteiger partial charge in [0.05, 0.1) is 0 Å². The minimum absolute atomic E-state index is 0.294. The van der Waals surface area contributed by atoms with Crippen LogP contribution < -0.4 is 0 Å². The summed E-state index contributed by atoms with van der Waals surface area (Å²) >= 11 is 0. The van der Waals surface area contributed by atoms with Gasteiger partial charge in [-0.1, -0.05) is 25.8 Å². The first kappa shape index (κ1) is 9.53. The van der Waals surface area contributed by atoms with E-state index in [1.807, 2.05) is 6.92 Å². The Morgan fingerprint density at radius 2 is 1.90 bits per heavy atom. The molecule has 0 rings (SSSR count). The van der Waals surface area contributed by atoms with E-state index in [0.717, 1.165) is 12.8 Å². The Morgan fingerprint density at radius 1 is 1.30 bits per heavy atom. The molecule has 60 valence electrons. The molecule has 0 atom stereocenters. The molecule has 0 aromatic heterocycles. The highest BCUT2D eigenvalue weighted by molar-refractivity contribution is 4.88. The molecule has 10 heavy (non-hydrogen) atoms. The molecule has 0 aromatic rings. The summed E-state index contributed by atoms with van der Waals surface area (Å²) in [6.45, 7) is 1.95. The minimum Gasteiger partial charge on any atom is -0.167 e. The topological polar surface area (TPSA) is 0 Å². The van der Waals surface area contributed by atoms with Gasteiger partial charge in [0.15, 0.2) is 0 Å². The fraction of sp³-hybridized carbons (Fsp3) is 0.714. The summed E-state index contributed by atoms with van der Waals surface area (Å²) in [6.07, 6.45) is -0.384. The Balaban J connectivity index is 3.37. The largest absolute Gasteiger partial charge is 0.409 e. The first-order valence-electron chi connectivity index (χ1n) is 3.30. The molecule has 0 nitrogen and oxygen atoms in total. The number of hydrogen-bond acceptors (Lipinski definition) is 0. The van der Waals surface area contributed by atoms with Gasteiger partial charge in [0.1, 0.15) is 0 Å². The van der Waals surface area contributed by atoms with Crippen molar-refractivity contribution in [2.45, 2.75) is 32.4 Å². The first-order chi connectivity index (χ1) is 4.56. The number of unbranched alkanes of at least 4 members (excludes halogenated alkanes) is 2. The van der Waals surface area contributed by atoms with Crippen molar-refractivity contribution in [1.29, 1.82) is 0 Å². The Morgan fingerprint density at radius 3 is 2.30 bits per heavy atom. The van der Waals surface area contributed by atoms with Gasteiger partial charge in [-0.05, 0) is 6.42 Å². The molecule has 3 heteroatoms. The summed E-state index contributed by atoms with van der Waals surface area (Å²) in [6, 6.07) is 0. The molecule has 0 N–H and O–H groups in total. The molecular weight excluding hydrogens is 141 g/mol. The van der Waals surface area contributed by atoms with Crippen molar-refractivity contribution >= 4 is 0 Å². The van der Waals surface area contributed by atoms with Crippen molar-refractivity contribution in [3.63, 3.8) is 0 Å². The predicted molar refractivity (Wildman–Crippen MR) is 34.7 cm³/mol. The quantitative estimate of drug-likeness (QED) is 0.430. The van der Waals surface area contributed by atoms with Crippen LogP contribution in [0.4, 0.5) is 13.2 Å². The number of allylic oxidation sites excluding steroid dienone is 2. The van der Waals surface area contributed by atoms with Gasteiger partial charge in [0.25, 0.3) is 0 Å². The third-order valence-corrected chi connectivity index (χ3v) is 1.03. The maximum atomic E-state index is 11.4. The number of rotatable bonds is 3. The standard InChI is InChI=1S/C7H11F3/c1-2-3-4-5-6-7(8,9)10/h5-6H,2-4H2,1H3/b6-5+. The predicted octanol–water partition coefficient (Wildman–Crippen LogP) is 3.30. The second kappa shape index (κ2) is 4.36. The Bertz CT molecular complexity index is 102. The van der Waals surface area contributed by atoms with Crippen LogP contribution in [-0.2, 0) is 0 Å². The van der Waals surface area contributed by atoms with Gasteiger partial charge in [-0.2, -0.15) is 13.2 Å². The van der Waals surface area contributed by atoms with Crippen molar-refractivity contribution in [2.24, 2.45) is 0 Å². The zero-order chi connectivity index (χ0) is 8.04. The zero-order valence-electron chi connectivity index (χ0n) is 5.91. The van der Waals surface area contributed by atoms with Crippen molar-refractivity contribution in [3.05, 3.63) is 12.2 Å². The van der Waals surface area contributed by atoms with Gasteiger partial charge < -0.3 is 0 Å². The number of halogens is 3. The van der Waals surface area contributed by atoms with Crippen molar-refractivity contribution in [1.82, 2.24) is 0 Å². The lowest BCUT2D eigenvalue weighted by molar-refractivity contribution is -0.0800. The lowest BCUT2D eigenvalue weighted by Crippen LogP contribution is -2.00. The maximum absolute atomic E-state index is 11.4. The highest BCUT2D eigenvalue weighted by Gasteiger charge is 2.21. The number of hydrogen-bond donors (Lipinski definition) is 0. The highest BCUT2D eigenvalue weighted by atomic mass is 19.4.